The molecule has 0 bridgehead atoms. The highest BCUT2D eigenvalue weighted by molar-refractivity contribution is 5.97. The average Bonchev–Trinajstić information content (AvgIpc) is 3.22. The summed E-state index contributed by atoms with van der Waals surface area (Å²) in [5.74, 6) is -1.92. The Hall–Kier alpha value is -3.23. The molecule has 9 nitrogen and oxygen atoms in total. The maximum absolute atomic E-state index is 12.8. The fraction of sp³-hybridized carbons (Fsp3) is 0.421. The Bertz CT molecular complexity index is 880. The zero-order valence-corrected chi connectivity index (χ0v) is 15.9. The van der Waals surface area contributed by atoms with Crippen molar-refractivity contribution in [1.29, 1.82) is 0 Å². The standard InChI is InChI=1S/C19H23N5O4/c1-13-8-15(24-12-20-11-21-24)5-6-16(13)18(26)22(2)10-17(25)23-7-3-4-14(9-23)19(27)28/h5-6,8,11-12,14H,3-4,7,9-10H2,1-2H3,(H,27,28). The quantitative estimate of drug-likeness (QED) is 0.822. The summed E-state index contributed by atoms with van der Waals surface area (Å²) in [5, 5.41) is 13.2. The summed E-state index contributed by atoms with van der Waals surface area (Å²) in [4.78, 5) is 43.3. The maximum atomic E-state index is 12.8. The summed E-state index contributed by atoms with van der Waals surface area (Å²) in [7, 11) is 1.57. The lowest BCUT2D eigenvalue weighted by Gasteiger charge is -2.32. The largest absolute Gasteiger partial charge is 0.481 e. The average molecular weight is 385 g/mol. The van der Waals surface area contributed by atoms with Gasteiger partial charge in [-0.3, -0.25) is 14.4 Å². The van der Waals surface area contributed by atoms with E-state index in [0.29, 0.717) is 24.9 Å². The van der Waals surface area contributed by atoms with Crippen molar-refractivity contribution in [2.24, 2.45) is 5.92 Å². The third kappa shape index (κ3) is 4.19. The minimum absolute atomic E-state index is 0.0879. The minimum Gasteiger partial charge on any atom is -0.481 e. The molecular formula is C19H23N5O4. The molecule has 1 aromatic heterocycles. The van der Waals surface area contributed by atoms with Crippen LogP contribution >= 0.6 is 0 Å². The van der Waals surface area contributed by atoms with E-state index in [2.05, 4.69) is 10.1 Å². The van der Waals surface area contributed by atoms with Gasteiger partial charge in [-0.2, -0.15) is 5.10 Å². The van der Waals surface area contributed by atoms with Gasteiger partial charge < -0.3 is 14.9 Å². The van der Waals surface area contributed by atoms with E-state index >= 15 is 0 Å². The van der Waals surface area contributed by atoms with Crippen molar-refractivity contribution in [2.45, 2.75) is 19.8 Å². The first-order chi connectivity index (χ1) is 13.4. The van der Waals surface area contributed by atoms with Crippen LogP contribution in [0.4, 0.5) is 0 Å². The number of hydrogen-bond acceptors (Lipinski definition) is 5. The Morgan fingerprint density at radius 1 is 1.32 bits per heavy atom. The molecule has 0 aliphatic carbocycles. The van der Waals surface area contributed by atoms with E-state index < -0.39 is 11.9 Å². The van der Waals surface area contributed by atoms with Crippen LogP contribution in [0.25, 0.3) is 5.69 Å². The van der Waals surface area contributed by atoms with Gasteiger partial charge >= 0.3 is 5.97 Å². The van der Waals surface area contributed by atoms with E-state index in [4.69, 9.17) is 5.11 Å². The summed E-state index contributed by atoms with van der Waals surface area (Å²) in [6.07, 6.45) is 4.24. The highest BCUT2D eigenvalue weighted by atomic mass is 16.4. The van der Waals surface area contributed by atoms with Gasteiger partial charge in [0, 0.05) is 25.7 Å². The van der Waals surface area contributed by atoms with Crippen molar-refractivity contribution in [2.75, 3.05) is 26.7 Å². The number of aryl methyl sites for hydroxylation is 1. The molecular weight excluding hydrogens is 362 g/mol. The highest BCUT2D eigenvalue weighted by Crippen LogP contribution is 2.18. The number of rotatable bonds is 5. The van der Waals surface area contributed by atoms with Gasteiger partial charge in [0.25, 0.3) is 5.91 Å². The number of hydrogen-bond donors (Lipinski definition) is 1. The number of benzene rings is 1. The molecule has 0 radical (unpaired) electrons. The molecule has 1 atom stereocenters. The number of piperidine rings is 1. The van der Waals surface area contributed by atoms with Crippen LogP contribution in [-0.4, -0.2) is 74.1 Å². The monoisotopic (exact) mass is 385 g/mol. The number of carboxylic acids is 1. The second-order valence-electron chi connectivity index (χ2n) is 7.02. The van der Waals surface area contributed by atoms with Gasteiger partial charge in [0.15, 0.2) is 0 Å². The van der Waals surface area contributed by atoms with E-state index in [1.807, 2.05) is 13.0 Å². The molecule has 2 amide bonds. The lowest BCUT2D eigenvalue weighted by molar-refractivity contribution is -0.145. The molecule has 3 rings (SSSR count). The molecule has 28 heavy (non-hydrogen) atoms. The summed E-state index contributed by atoms with van der Waals surface area (Å²) in [6.45, 7) is 2.46. The Morgan fingerprint density at radius 2 is 2.11 bits per heavy atom. The number of carbonyl (C=O) groups excluding carboxylic acids is 2. The lowest BCUT2D eigenvalue weighted by Crippen LogP contribution is -2.47. The highest BCUT2D eigenvalue weighted by Gasteiger charge is 2.29. The van der Waals surface area contributed by atoms with Crippen molar-refractivity contribution in [3.05, 3.63) is 42.0 Å². The number of amides is 2. The number of likely N-dealkylation sites (N-methyl/N-ethyl adjacent to an activating group) is 1. The molecule has 1 aliphatic rings. The predicted octanol–water partition coefficient (Wildman–Crippen LogP) is 0.971. The number of likely N-dealkylation sites (tertiary alicyclic amines) is 1. The lowest BCUT2D eigenvalue weighted by atomic mass is 9.98. The summed E-state index contributed by atoms with van der Waals surface area (Å²) in [6, 6.07) is 5.31. The van der Waals surface area contributed by atoms with Gasteiger partial charge in [-0.25, -0.2) is 9.67 Å². The first kappa shape index (κ1) is 19.5. The minimum atomic E-state index is -0.884. The van der Waals surface area contributed by atoms with Crippen LogP contribution in [0.2, 0.25) is 0 Å². The number of carbonyl (C=O) groups is 3. The Kier molecular flexibility index (Phi) is 5.72. The topological polar surface area (TPSA) is 109 Å². The summed E-state index contributed by atoms with van der Waals surface area (Å²) >= 11 is 0. The van der Waals surface area contributed by atoms with Crippen LogP contribution in [-0.2, 0) is 9.59 Å². The third-order valence-electron chi connectivity index (χ3n) is 4.97. The molecule has 9 heteroatoms. The first-order valence-electron chi connectivity index (χ1n) is 9.08. The van der Waals surface area contributed by atoms with Crippen molar-refractivity contribution in [1.82, 2.24) is 24.6 Å². The number of carboxylic acid groups (broad SMARTS) is 1. The zero-order chi connectivity index (χ0) is 20.3. The fourth-order valence-corrected chi connectivity index (χ4v) is 3.36. The number of aromatic nitrogens is 3. The van der Waals surface area contributed by atoms with Gasteiger partial charge in [0.2, 0.25) is 5.91 Å². The Labute approximate surface area is 162 Å². The smallest absolute Gasteiger partial charge is 0.308 e. The van der Waals surface area contributed by atoms with Gasteiger partial charge in [0.05, 0.1) is 18.2 Å². The van der Waals surface area contributed by atoms with E-state index in [-0.39, 0.29) is 24.9 Å². The van der Waals surface area contributed by atoms with E-state index in [9.17, 15) is 14.4 Å². The van der Waals surface area contributed by atoms with Crippen molar-refractivity contribution < 1.29 is 19.5 Å². The van der Waals surface area contributed by atoms with Crippen molar-refractivity contribution >= 4 is 17.8 Å². The van der Waals surface area contributed by atoms with E-state index in [0.717, 1.165) is 11.3 Å². The van der Waals surface area contributed by atoms with E-state index in [1.54, 1.807) is 30.2 Å². The molecule has 1 aromatic carbocycles. The number of aliphatic carboxylic acids is 1. The van der Waals surface area contributed by atoms with Gasteiger partial charge in [-0.1, -0.05) is 0 Å². The molecule has 1 saturated heterocycles. The Balaban J connectivity index is 1.65. The summed E-state index contributed by atoms with van der Waals surface area (Å²) in [5.41, 5.74) is 2.06. The fourth-order valence-electron chi connectivity index (χ4n) is 3.36. The molecule has 2 heterocycles. The van der Waals surface area contributed by atoms with Crippen LogP contribution < -0.4 is 0 Å². The molecule has 1 aliphatic heterocycles. The zero-order valence-electron chi connectivity index (χ0n) is 15.9. The first-order valence-corrected chi connectivity index (χ1v) is 9.08. The van der Waals surface area contributed by atoms with Crippen molar-refractivity contribution in [3.8, 4) is 5.69 Å². The molecule has 1 unspecified atom stereocenters. The predicted molar refractivity (Wildman–Crippen MR) is 100.0 cm³/mol. The molecule has 1 fully saturated rings. The normalized spacial score (nSPS) is 16.6. The molecule has 0 spiro atoms. The maximum Gasteiger partial charge on any atom is 0.308 e. The van der Waals surface area contributed by atoms with Crippen molar-refractivity contribution in [3.63, 3.8) is 0 Å². The SMILES string of the molecule is Cc1cc(-n2cncn2)ccc1C(=O)N(C)CC(=O)N1CCCC(C(=O)O)C1. The molecule has 148 valence electrons. The molecule has 0 saturated carbocycles. The van der Waals surface area contributed by atoms with Crippen LogP contribution in [0.5, 0.6) is 0 Å². The van der Waals surface area contributed by atoms with Crippen LogP contribution in [0.15, 0.2) is 30.9 Å². The number of nitrogens with zero attached hydrogens (tertiary/aromatic N) is 5. The second-order valence-corrected chi connectivity index (χ2v) is 7.02. The summed E-state index contributed by atoms with van der Waals surface area (Å²) < 4.78 is 1.60. The Morgan fingerprint density at radius 3 is 2.75 bits per heavy atom. The van der Waals surface area contributed by atoms with Gasteiger partial charge in [-0.05, 0) is 43.5 Å². The third-order valence-corrected chi connectivity index (χ3v) is 4.97. The van der Waals surface area contributed by atoms with E-state index in [1.165, 1.54) is 16.1 Å². The second kappa shape index (κ2) is 8.20. The van der Waals surface area contributed by atoms with Crippen LogP contribution in [0, 0.1) is 12.8 Å². The van der Waals surface area contributed by atoms with Crippen LogP contribution in [0.3, 0.4) is 0 Å². The van der Waals surface area contributed by atoms with Crippen LogP contribution in [0.1, 0.15) is 28.8 Å². The molecule has 1 N–H and O–H groups in total. The van der Waals surface area contributed by atoms with Gasteiger partial charge in [0.1, 0.15) is 12.7 Å². The van der Waals surface area contributed by atoms with Gasteiger partial charge in [-0.15, -0.1) is 0 Å². The molecule has 2 aromatic rings.